The van der Waals surface area contributed by atoms with Crippen LogP contribution in [0.2, 0.25) is 0 Å². The molecule has 1 amide bonds. The molecule has 1 heterocycles. The van der Waals surface area contributed by atoms with Gasteiger partial charge in [-0.2, -0.15) is 5.10 Å². The molecule has 0 fully saturated rings. The number of carboxylic acid groups (broad SMARTS) is 1. The minimum absolute atomic E-state index is 0.106. The zero-order chi connectivity index (χ0) is 16.4. The largest absolute Gasteiger partial charge is 0.480 e. The van der Waals surface area contributed by atoms with E-state index in [2.05, 4.69) is 16.5 Å². The summed E-state index contributed by atoms with van der Waals surface area (Å²) >= 11 is 0. The first kappa shape index (κ1) is 15.3. The number of aliphatic carboxylic acids is 1. The minimum Gasteiger partial charge on any atom is -0.480 e. The van der Waals surface area contributed by atoms with E-state index in [1.165, 1.54) is 10.2 Å². The van der Waals surface area contributed by atoms with Crippen LogP contribution in [0.1, 0.15) is 30.9 Å². The highest BCUT2D eigenvalue weighted by Gasteiger charge is 2.38. The first-order chi connectivity index (χ1) is 11.0. The second kappa shape index (κ2) is 5.87. The van der Waals surface area contributed by atoms with E-state index in [-0.39, 0.29) is 12.5 Å². The summed E-state index contributed by atoms with van der Waals surface area (Å²) in [6, 6.07) is 9.64. The molecule has 0 saturated heterocycles. The molecule has 0 spiro atoms. The van der Waals surface area contributed by atoms with Gasteiger partial charge in [0.2, 0.25) is 5.91 Å². The number of aryl methyl sites for hydroxylation is 1. The van der Waals surface area contributed by atoms with E-state index in [0.717, 1.165) is 24.8 Å². The Morgan fingerprint density at radius 2 is 2.13 bits per heavy atom. The van der Waals surface area contributed by atoms with Crippen molar-refractivity contribution in [2.75, 3.05) is 5.32 Å². The fourth-order valence-corrected chi connectivity index (χ4v) is 3.19. The molecule has 1 aromatic carbocycles. The number of carbonyl (C=O) groups excluding carboxylic acids is 1. The van der Waals surface area contributed by atoms with Crippen molar-refractivity contribution in [3.8, 4) is 0 Å². The molecule has 23 heavy (non-hydrogen) atoms. The van der Waals surface area contributed by atoms with Gasteiger partial charge in [-0.1, -0.05) is 24.3 Å². The zero-order valence-corrected chi connectivity index (χ0v) is 13.0. The van der Waals surface area contributed by atoms with Gasteiger partial charge in [-0.15, -0.1) is 0 Å². The van der Waals surface area contributed by atoms with Gasteiger partial charge in [0.05, 0.1) is 5.41 Å². The summed E-state index contributed by atoms with van der Waals surface area (Å²) in [4.78, 5) is 23.5. The second-order valence-corrected chi connectivity index (χ2v) is 6.09. The number of aromatic nitrogens is 2. The molecule has 0 bridgehead atoms. The van der Waals surface area contributed by atoms with Crippen LogP contribution in [0, 0.1) is 0 Å². The van der Waals surface area contributed by atoms with Crippen molar-refractivity contribution in [1.82, 2.24) is 9.78 Å². The summed E-state index contributed by atoms with van der Waals surface area (Å²) in [5, 5.41) is 15.7. The summed E-state index contributed by atoms with van der Waals surface area (Å²) in [7, 11) is 0. The van der Waals surface area contributed by atoms with Crippen molar-refractivity contribution in [2.45, 2.75) is 38.1 Å². The van der Waals surface area contributed by atoms with Gasteiger partial charge in [0.25, 0.3) is 0 Å². The summed E-state index contributed by atoms with van der Waals surface area (Å²) in [6.45, 7) is 1.73. The van der Waals surface area contributed by atoms with Gasteiger partial charge >= 0.3 is 5.97 Å². The highest BCUT2D eigenvalue weighted by molar-refractivity contribution is 5.98. The number of nitrogens with zero attached hydrogens (tertiary/aromatic N) is 2. The molecule has 1 aromatic heterocycles. The Morgan fingerprint density at radius 3 is 2.91 bits per heavy atom. The van der Waals surface area contributed by atoms with Crippen LogP contribution < -0.4 is 5.32 Å². The molecule has 120 valence electrons. The third kappa shape index (κ3) is 2.97. The molecule has 6 heteroatoms. The number of amides is 1. The molecule has 1 atom stereocenters. The van der Waals surface area contributed by atoms with Crippen molar-refractivity contribution in [1.29, 1.82) is 0 Å². The van der Waals surface area contributed by atoms with Gasteiger partial charge in [0.15, 0.2) is 5.82 Å². The second-order valence-electron chi connectivity index (χ2n) is 6.09. The van der Waals surface area contributed by atoms with Crippen molar-refractivity contribution < 1.29 is 14.7 Å². The van der Waals surface area contributed by atoms with Crippen molar-refractivity contribution >= 4 is 17.7 Å². The number of anilines is 1. The first-order valence-corrected chi connectivity index (χ1v) is 7.64. The lowest BCUT2D eigenvalue weighted by Crippen LogP contribution is -2.40. The third-order valence-electron chi connectivity index (χ3n) is 4.42. The predicted octanol–water partition coefficient (Wildman–Crippen LogP) is 2.20. The lowest BCUT2D eigenvalue weighted by molar-refractivity contribution is -0.137. The van der Waals surface area contributed by atoms with Crippen LogP contribution in [-0.2, 0) is 28.0 Å². The predicted molar refractivity (Wildman–Crippen MR) is 85.2 cm³/mol. The Morgan fingerprint density at radius 1 is 1.35 bits per heavy atom. The fourth-order valence-electron chi connectivity index (χ4n) is 3.19. The molecule has 1 aliphatic carbocycles. The van der Waals surface area contributed by atoms with E-state index in [9.17, 15) is 9.59 Å². The molecular formula is C17H19N3O3. The Bertz CT molecular complexity index is 753. The lowest BCUT2D eigenvalue weighted by atomic mass is 9.70. The Kier molecular flexibility index (Phi) is 3.90. The van der Waals surface area contributed by atoms with E-state index >= 15 is 0 Å². The summed E-state index contributed by atoms with van der Waals surface area (Å²) in [5.74, 6) is -0.704. The van der Waals surface area contributed by atoms with E-state index in [1.807, 2.05) is 25.1 Å². The smallest absolute Gasteiger partial charge is 0.325 e. The number of carbonyl (C=O) groups is 2. The van der Waals surface area contributed by atoms with Gasteiger partial charge in [-0.05, 0) is 37.3 Å². The SMILES string of the molecule is C[C@]1(C(=O)Nc2ccn(CC(=O)O)n2)CCCc2ccccc21. The topological polar surface area (TPSA) is 84.2 Å². The van der Waals surface area contributed by atoms with Gasteiger partial charge in [0.1, 0.15) is 6.54 Å². The molecule has 0 unspecified atom stereocenters. The van der Waals surface area contributed by atoms with Crippen LogP contribution in [0.4, 0.5) is 5.82 Å². The number of benzene rings is 1. The summed E-state index contributed by atoms with van der Waals surface area (Å²) in [5.41, 5.74) is 1.69. The highest BCUT2D eigenvalue weighted by atomic mass is 16.4. The molecule has 2 N–H and O–H groups in total. The Balaban J connectivity index is 1.81. The maximum Gasteiger partial charge on any atom is 0.325 e. The number of hydrogen-bond acceptors (Lipinski definition) is 3. The van der Waals surface area contributed by atoms with Gasteiger partial charge < -0.3 is 10.4 Å². The Hall–Kier alpha value is -2.63. The number of fused-ring (bicyclic) bond motifs is 1. The lowest BCUT2D eigenvalue weighted by Gasteiger charge is -2.34. The van der Waals surface area contributed by atoms with Gasteiger partial charge in [-0.3, -0.25) is 14.3 Å². The van der Waals surface area contributed by atoms with E-state index in [1.54, 1.807) is 12.3 Å². The number of hydrogen-bond donors (Lipinski definition) is 2. The van der Waals surface area contributed by atoms with E-state index < -0.39 is 11.4 Å². The van der Waals surface area contributed by atoms with E-state index in [0.29, 0.717) is 5.82 Å². The van der Waals surface area contributed by atoms with Crippen LogP contribution in [-0.4, -0.2) is 26.8 Å². The third-order valence-corrected chi connectivity index (χ3v) is 4.42. The van der Waals surface area contributed by atoms with Crippen LogP contribution in [0.25, 0.3) is 0 Å². The monoisotopic (exact) mass is 313 g/mol. The number of carboxylic acids is 1. The highest BCUT2D eigenvalue weighted by Crippen LogP contribution is 2.37. The Labute approximate surface area is 134 Å². The molecule has 2 aromatic rings. The average molecular weight is 313 g/mol. The van der Waals surface area contributed by atoms with Crippen molar-refractivity contribution in [3.63, 3.8) is 0 Å². The number of rotatable bonds is 4. The van der Waals surface area contributed by atoms with Gasteiger partial charge in [-0.25, -0.2) is 0 Å². The maximum absolute atomic E-state index is 12.8. The zero-order valence-electron chi connectivity index (χ0n) is 13.0. The van der Waals surface area contributed by atoms with Crippen LogP contribution >= 0.6 is 0 Å². The minimum atomic E-state index is -0.973. The fraction of sp³-hybridized carbons (Fsp3) is 0.353. The average Bonchev–Trinajstić information content (AvgIpc) is 2.94. The standard InChI is InChI=1S/C17H19N3O3/c1-17(9-4-6-12-5-2-3-7-13(12)17)16(23)18-14-8-10-20(19-14)11-15(21)22/h2-3,5,7-8,10H,4,6,9,11H2,1H3,(H,21,22)(H,18,19,23)/t17-/m0/s1. The van der Waals surface area contributed by atoms with Crippen LogP contribution in [0.5, 0.6) is 0 Å². The quantitative estimate of drug-likeness (QED) is 0.906. The van der Waals surface area contributed by atoms with Crippen molar-refractivity contribution in [3.05, 3.63) is 47.7 Å². The molecule has 0 aliphatic heterocycles. The van der Waals surface area contributed by atoms with Gasteiger partial charge in [0, 0.05) is 12.3 Å². The molecule has 3 rings (SSSR count). The molecule has 0 saturated carbocycles. The summed E-state index contributed by atoms with van der Waals surface area (Å²) < 4.78 is 1.29. The first-order valence-electron chi connectivity index (χ1n) is 7.64. The van der Waals surface area contributed by atoms with E-state index in [4.69, 9.17) is 5.11 Å². The molecular weight excluding hydrogens is 294 g/mol. The van der Waals surface area contributed by atoms with Crippen LogP contribution in [0.15, 0.2) is 36.5 Å². The number of nitrogens with one attached hydrogen (secondary N) is 1. The molecule has 1 aliphatic rings. The maximum atomic E-state index is 12.8. The molecule has 6 nitrogen and oxygen atoms in total. The molecule has 0 radical (unpaired) electrons. The van der Waals surface area contributed by atoms with Crippen molar-refractivity contribution in [2.24, 2.45) is 0 Å². The summed E-state index contributed by atoms with van der Waals surface area (Å²) in [6.07, 6.45) is 4.28. The van der Waals surface area contributed by atoms with Crippen LogP contribution in [0.3, 0.4) is 0 Å². The normalized spacial score (nSPS) is 19.9.